The van der Waals surface area contributed by atoms with Crippen LogP contribution in [-0.4, -0.2) is 5.78 Å². The van der Waals surface area contributed by atoms with E-state index in [1.807, 2.05) is 0 Å². The molecule has 0 aromatic heterocycles. The molecule has 16 heavy (non-hydrogen) atoms. The maximum atomic E-state index is 12.8. The van der Waals surface area contributed by atoms with Gasteiger partial charge in [-0.2, -0.15) is 0 Å². The molecule has 0 N–H and O–H groups in total. The lowest BCUT2D eigenvalue weighted by molar-refractivity contribution is -0.165. The Kier molecular flexibility index (Phi) is 1.85. The van der Waals surface area contributed by atoms with E-state index < -0.39 is 0 Å². The maximum absolute atomic E-state index is 12.8. The van der Waals surface area contributed by atoms with Gasteiger partial charge in [0.2, 0.25) is 0 Å². The minimum Gasteiger partial charge on any atom is -0.298 e. The Morgan fingerprint density at radius 2 is 1.69 bits per heavy atom. The molecule has 0 aromatic carbocycles. The van der Waals surface area contributed by atoms with Gasteiger partial charge in [0.05, 0.1) is 0 Å². The van der Waals surface area contributed by atoms with E-state index in [4.69, 9.17) is 0 Å². The van der Waals surface area contributed by atoms with E-state index in [2.05, 4.69) is 27.7 Å². The van der Waals surface area contributed by atoms with Crippen molar-refractivity contribution in [3.05, 3.63) is 0 Å². The second-order valence-corrected chi connectivity index (χ2v) is 7.69. The molecule has 0 amide bonds. The molecule has 0 heterocycles. The normalized spacial score (nSPS) is 54.1. The zero-order chi connectivity index (χ0) is 11.8. The van der Waals surface area contributed by atoms with Gasteiger partial charge in [-0.3, -0.25) is 4.79 Å². The van der Waals surface area contributed by atoms with Crippen molar-refractivity contribution in [3.63, 3.8) is 0 Å². The summed E-state index contributed by atoms with van der Waals surface area (Å²) in [5, 5.41) is 0. The number of hydrogen-bond acceptors (Lipinski definition) is 1. The molecule has 0 aromatic rings. The van der Waals surface area contributed by atoms with Crippen molar-refractivity contribution in [1.82, 2.24) is 0 Å². The summed E-state index contributed by atoms with van der Waals surface area (Å²) in [5.74, 6) is 1.92. The Labute approximate surface area is 99.0 Å². The molecule has 1 nitrogen and oxygen atoms in total. The Balaban J connectivity index is 2.21. The van der Waals surface area contributed by atoms with Gasteiger partial charge in [-0.25, -0.2) is 0 Å². The van der Waals surface area contributed by atoms with Crippen LogP contribution in [0.5, 0.6) is 0 Å². The van der Waals surface area contributed by atoms with Gasteiger partial charge in [0, 0.05) is 10.8 Å². The Morgan fingerprint density at radius 1 is 1.00 bits per heavy atom. The third kappa shape index (κ3) is 1.01. The summed E-state index contributed by atoms with van der Waals surface area (Å²) in [6, 6.07) is 0. The van der Waals surface area contributed by atoms with Gasteiger partial charge in [-0.1, -0.05) is 27.7 Å². The van der Waals surface area contributed by atoms with Crippen molar-refractivity contribution >= 4 is 5.78 Å². The van der Waals surface area contributed by atoms with Gasteiger partial charge in [0.25, 0.3) is 0 Å². The van der Waals surface area contributed by atoms with Crippen LogP contribution in [0.4, 0.5) is 0 Å². The number of fused-ring (bicyclic) bond motifs is 2. The molecule has 0 spiro atoms. The van der Waals surface area contributed by atoms with Gasteiger partial charge in [0.15, 0.2) is 0 Å². The van der Waals surface area contributed by atoms with E-state index in [0.717, 1.165) is 12.8 Å². The van der Waals surface area contributed by atoms with Crippen molar-refractivity contribution in [3.8, 4) is 0 Å². The first-order valence-corrected chi connectivity index (χ1v) is 6.86. The first kappa shape index (κ1) is 10.8. The third-order valence-corrected chi connectivity index (χ3v) is 6.29. The first-order chi connectivity index (χ1) is 7.31. The largest absolute Gasteiger partial charge is 0.298 e. The molecule has 5 fully saturated rings. The van der Waals surface area contributed by atoms with Gasteiger partial charge >= 0.3 is 0 Å². The van der Waals surface area contributed by atoms with Crippen LogP contribution in [0.15, 0.2) is 0 Å². The summed E-state index contributed by atoms with van der Waals surface area (Å²) in [6.45, 7) is 9.32. The van der Waals surface area contributed by atoms with Crippen LogP contribution >= 0.6 is 0 Å². The van der Waals surface area contributed by atoms with E-state index in [9.17, 15) is 4.79 Å². The highest BCUT2D eigenvalue weighted by Gasteiger charge is 2.65. The fraction of sp³-hybridized carbons (Fsp3) is 0.933. The van der Waals surface area contributed by atoms with E-state index in [0.29, 0.717) is 23.0 Å². The Morgan fingerprint density at radius 3 is 2.38 bits per heavy atom. The summed E-state index contributed by atoms with van der Waals surface area (Å²) in [5.41, 5.74) is 0.375. The van der Waals surface area contributed by atoms with Crippen molar-refractivity contribution in [2.75, 3.05) is 0 Å². The van der Waals surface area contributed by atoms with E-state index in [-0.39, 0.29) is 10.8 Å². The average molecular weight is 220 g/mol. The number of carbonyl (C=O) groups excluding carboxylic acids is 1. The monoisotopic (exact) mass is 220 g/mol. The molecule has 0 radical (unpaired) electrons. The maximum Gasteiger partial charge on any atom is 0.145 e. The summed E-state index contributed by atoms with van der Waals surface area (Å²) < 4.78 is 0. The highest BCUT2D eigenvalue weighted by Crippen LogP contribution is 2.68. The molecule has 5 aliphatic carbocycles. The molecule has 90 valence electrons. The smallest absolute Gasteiger partial charge is 0.145 e. The molecular weight excluding hydrogens is 196 g/mol. The lowest BCUT2D eigenvalue weighted by Gasteiger charge is -2.58. The van der Waals surface area contributed by atoms with Crippen molar-refractivity contribution in [1.29, 1.82) is 0 Å². The third-order valence-electron chi connectivity index (χ3n) is 6.29. The number of carbonyl (C=O) groups is 1. The van der Waals surface area contributed by atoms with Crippen LogP contribution in [0.1, 0.15) is 59.8 Å². The van der Waals surface area contributed by atoms with E-state index in [1.165, 1.54) is 19.3 Å². The average Bonchev–Trinajstić information content (AvgIpc) is 2.43. The van der Waals surface area contributed by atoms with Gasteiger partial charge in [-0.05, 0) is 49.4 Å². The molecular formula is C15H24O. The minimum atomic E-state index is 0.00347. The second-order valence-electron chi connectivity index (χ2n) is 7.69. The molecule has 4 bridgehead atoms. The molecule has 4 atom stereocenters. The number of Topliss-reactive ketones (excluding diaryl/α,β-unsaturated/α-hetero) is 1. The van der Waals surface area contributed by atoms with Gasteiger partial charge in [-0.15, -0.1) is 0 Å². The Bertz CT molecular complexity index is 350. The highest BCUT2D eigenvalue weighted by atomic mass is 16.1. The highest BCUT2D eigenvalue weighted by molar-refractivity contribution is 5.92. The fourth-order valence-electron chi connectivity index (χ4n) is 5.77. The predicted octanol–water partition coefficient (Wildman–Crippen LogP) is 3.82. The van der Waals surface area contributed by atoms with Crippen LogP contribution in [-0.2, 0) is 4.79 Å². The van der Waals surface area contributed by atoms with Crippen LogP contribution in [0, 0.1) is 28.1 Å². The van der Waals surface area contributed by atoms with E-state index in [1.54, 1.807) is 0 Å². The molecule has 5 rings (SSSR count). The fourth-order valence-corrected chi connectivity index (χ4v) is 5.77. The van der Waals surface area contributed by atoms with Crippen LogP contribution in [0.3, 0.4) is 0 Å². The Hall–Kier alpha value is -0.330. The quantitative estimate of drug-likeness (QED) is 0.606. The molecule has 1 heteroatoms. The zero-order valence-electron chi connectivity index (χ0n) is 11.1. The van der Waals surface area contributed by atoms with E-state index >= 15 is 0 Å². The molecule has 0 saturated heterocycles. The summed E-state index contributed by atoms with van der Waals surface area (Å²) in [7, 11) is 0. The number of ketones is 1. The van der Waals surface area contributed by atoms with Crippen LogP contribution in [0.25, 0.3) is 0 Å². The molecule has 0 aliphatic heterocycles. The number of rotatable bonds is 0. The predicted molar refractivity (Wildman–Crippen MR) is 65.1 cm³/mol. The topological polar surface area (TPSA) is 17.1 Å². The second kappa shape index (κ2) is 2.73. The summed E-state index contributed by atoms with van der Waals surface area (Å²) >= 11 is 0. The van der Waals surface area contributed by atoms with Crippen molar-refractivity contribution in [2.24, 2.45) is 28.1 Å². The van der Waals surface area contributed by atoms with Crippen molar-refractivity contribution < 1.29 is 4.79 Å². The standard InChI is InChI=1S/C15H24O/c1-13(2)9-15(4)10-5-6-11(13)14(3,8-7-10)12(15)16/h10-11H,5-9H2,1-4H3/t10-,11+,14-,15+/m0/s1. The molecule has 0 unspecified atom stereocenters. The zero-order valence-corrected chi connectivity index (χ0v) is 11.1. The summed E-state index contributed by atoms with van der Waals surface area (Å²) in [4.78, 5) is 12.8. The van der Waals surface area contributed by atoms with Crippen molar-refractivity contribution in [2.45, 2.75) is 59.8 Å². The van der Waals surface area contributed by atoms with Crippen LogP contribution in [0.2, 0.25) is 0 Å². The molecule has 5 saturated carbocycles. The SMILES string of the molecule is CC1(C)C[C@@]2(C)C(=O)[C@@]3(C)CC[C@@H]2CC[C@H]13. The lowest BCUT2D eigenvalue weighted by Crippen LogP contribution is -2.58. The van der Waals surface area contributed by atoms with Gasteiger partial charge in [0.1, 0.15) is 5.78 Å². The minimum absolute atomic E-state index is 0.00347. The molecule has 5 aliphatic rings. The van der Waals surface area contributed by atoms with Gasteiger partial charge < -0.3 is 0 Å². The van der Waals surface area contributed by atoms with Crippen LogP contribution < -0.4 is 0 Å². The lowest BCUT2D eigenvalue weighted by atomic mass is 9.44. The summed E-state index contributed by atoms with van der Waals surface area (Å²) in [6.07, 6.45) is 6.16. The number of hydrogen-bond donors (Lipinski definition) is 0. The first-order valence-electron chi connectivity index (χ1n) is 6.86.